The zero-order valence-corrected chi connectivity index (χ0v) is 19.6. The number of nitrogens with zero attached hydrogens (tertiary/aromatic N) is 1. The second-order valence-corrected chi connectivity index (χ2v) is 9.51. The number of methoxy groups -OCH3 is 1. The van der Waals surface area contributed by atoms with Crippen LogP contribution in [0.2, 0.25) is 0 Å². The van der Waals surface area contributed by atoms with E-state index in [-0.39, 0.29) is 30.0 Å². The molecule has 8 heteroatoms. The molecule has 0 radical (unpaired) electrons. The van der Waals surface area contributed by atoms with Crippen LogP contribution in [0, 0.1) is 11.8 Å². The van der Waals surface area contributed by atoms with Gasteiger partial charge in [0.1, 0.15) is 17.0 Å². The lowest BCUT2D eigenvalue weighted by Gasteiger charge is -2.29. The maximum absolute atomic E-state index is 14.0. The Bertz CT molecular complexity index is 1390. The van der Waals surface area contributed by atoms with Crippen LogP contribution < -0.4 is 15.4 Å². The van der Waals surface area contributed by atoms with Crippen molar-refractivity contribution in [3.8, 4) is 11.5 Å². The Hall–Kier alpha value is -4.17. The Morgan fingerprint density at radius 1 is 0.944 bits per heavy atom. The molecule has 3 N–H and O–H groups in total. The highest BCUT2D eigenvalue weighted by Crippen LogP contribution is 2.53. The van der Waals surface area contributed by atoms with Gasteiger partial charge in [0.05, 0.1) is 25.5 Å². The van der Waals surface area contributed by atoms with Crippen molar-refractivity contribution in [3.05, 3.63) is 89.5 Å². The maximum atomic E-state index is 14.0. The molecule has 8 nitrogen and oxygen atoms in total. The van der Waals surface area contributed by atoms with Crippen LogP contribution in [-0.4, -0.2) is 40.9 Å². The Labute approximate surface area is 207 Å². The van der Waals surface area contributed by atoms with Crippen molar-refractivity contribution in [2.75, 3.05) is 12.4 Å². The Morgan fingerprint density at radius 2 is 1.67 bits per heavy atom. The van der Waals surface area contributed by atoms with E-state index in [1.54, 1.807) is 43.5 Å². The first-order chi connectivity index (χ1) is 17.4. The number of fused-ring (bicyclic) bond motifs is 4. The monoisotopic (exact) mass is 483 g/mol. The number of carbonyl (C=O) groups excluding carboxylic acids is 3. The summed E-state index contributed by atoms with van der Waals surface area (Å²) < 4.78 is 5.44. The third kappa shape index (κ3) is 3.14. The molecule has 0 unspecified atom stereocenters. The molecule has 0 bridgehead atoms. The summed E-state index contributed by atoms with van der Waals surface area (Å²) in [7, 11) is 1.55. The second kappa shape index (κ2) is 8.20. The summed E-state index contributed by atoms with van der Waals surface area (Å²) in [6.07, 6.45) is 0.417. The highest BCUT2D eigenvalue weighted by molar-refractivity contribution is 6.15. The number of para-hydroxylation sites is 2. The van der Waals surface area contributed by atoms with Gasteiger partial charge < -0.3 is 15.2 Å². The van der Waals surface area contributed by atoms with Crippen LogP contribution >= 0.6 is 0 Å². The number of rotatable bonds is 5. The average Bonchev–Trinajstić information content (AvgIpc) is 3.46. The number of ether oxygens (including phenoxy) is 1. The van der Waals surface area contributed by atoms with Crippen LogP contribution in [0.15, 0.2) is 72.8 Å². The molecule has 6 rings (SSSR count). The molecule has 0 aromatic heterocycles. The molecule has 1 spiro atoms. The minimum Gasteiger partial charge on any atom is -0.508 e. The van der Waals surface area contributed by atoms with Crippen molar-refractivity contribution in [2.45, 2.75) is 24.5 Å². The predicted octanol–water partition coefficient (Wildman–Crippen LogP) is 2.56. The Morgan fingerprint density at radius 3 is 2.44 bits per heavy atom. The third-order valence-electron chi connectivity index (χ3n) is 7.63. The second-order valence-electron chi connectivity index (χ2n) is 9.51. The number of likely N-dealkylation sites (tertiary alicyclic amines) is 1. The van der Waals surface area contributed by atoms with Crippen LogP contribution in [0.1, 0.15) is 16.7 Å². The number of carbonyl (C=O) groups is 3. The fourth-order valence-corrected chi connectivity index (χ4v) is 6.04. The third-order valence-corrected chi connectivity index (χ3v) is 7.63. The smallest absolute Gasteiger partial charge is 0.250 e. The average molecular weight is 484 g/mol. The van der Waals surface area contributed by atoms with E-state index in [1.165, 1.54) is 4.90 Å². The van der Waals surface area contributed by atoms with E-state index in [2.05, 4.69) is 10.6 Å². The van der Waals surface area contributed by atoms with Gasteiger partial charge >= 0.3 is 0 Å². The molecule has 3 aromatic carbocycles. The number of amides is 3. The highest BCUT2D eigenvalue weighted by Gasteiger charge is 2.70. The van der Waals surface area contributed by atoms with Gasteiger partial charge in [-0.15, -0.1) is 0 Å². The van der Waals surface area contributed by atoms with Gasteiger partial charge in [-0.2, -0.15) is 0 Å². The van der Waals surface area contributed by atoms with Gasteiger partial charge in [-0.05, 0) is 36.2 Å². The van der Waals surface area contributed by atoms with Crippen LogP contribution in [0.25, 0.3) is 0 Å². The molecule has 3 heterocycles. The first kappa shape index (κ1) is 22.3. The first-order valence-corrected chi connectivity index (χ1v) is 11.9. The van der Waals surface area contributed by atoms with Gasteiger partial charge in [0, 0.05) is 22.9 Å². The van der Waals surface area contributed by atoms with Crippen molar-refractivity contribution >= 4 is 23.4 Å². The summed E-state index contributed by atoms with van der Waals surface area (Å²) in [5.74, 6) is -1.88. The summed E-state index contributed by atoms with van der Waals surface area (Å²) in [4.78, 5) is 42.7. The lowest BCUT2D eigenvalue weighted by atomic mass is 9.76. The summed E-state index contributed by atoms with van der Waals surface area (Å²) in [6.45, 7) is 0.0694. The first-order valence-electron chi connectivity index (χ1n) is 11.9. The highest BCUT2D eigenvalue weighted by atomic mass is 16.5. The minimum atomic E-state index is -1.34. The van der Waals surface area contributed by atoms with Gasteiger partial charge in [-0.25, -0.2) is 0 Å². The molecule has 4 atom stereocenters. The number of hydrogen-bond donors (Lipinski definition) is 3. The van der Waals surface area contributed by atoms with Gasteiger partial charge in [-0.3, -0.25) is 24.6 Å². The Kier molecular flexibility index (Phi) is 5.08. The van der Waals surface area contributed by atoms with E-state index in [1.807, 2.05) is 36.4 Å². The van der Waals surface area contributed by atoms with E-state index in [0.29, 0.717) is 23.4 Å². The zero-order chi connectivity index (χ0) is 25.0. The number of phenols is 1. The number of benzene rings is 3. The minimum absolute atomic E-state index is 0.0694. The quantitative estimate of drug-likeness (QED) is 0.482. The number of nitrogens with one attached hydrogen (secondary N) is 2. The molecule has 0 aliphatic carbocycles. The van der Waals surface area contributed by atoms with Gasteiger partial charge in [0.2, 0.25) is 17.7 Å². The number of aromatic hydroxyl groups is 1. The molecule has 2 fully saturated rings. The van der Waals surface area contributed by atoms with E-state index >= 15 is 0 Å². The molecule has 2 saturated heterocycles. The molecule has 3 aliphatic heterocycles. The molecular weight excluding hydrogens is 458 g/mol. The van der Waals surface area contributed by atoms with Gasteiger partial charge in [0.25, 0.3) is 0 Å². The van der Waals surface area contributed by atoms with E-state index in [9.17, 15) is 19.5 Å². The molecule has 182 valence electrons. The lowest BCUT2D eigenvalue weighted by Crippen LogP contribution is -2.53. The fourth-order valence-electron chi connectivity index (χ4n) is 6.04. The topological polar surface area (TPSA) is 108 Å². The maximum Gasteiger partial charge on any atom is 0.250 e. The fraction of sp³-hybridized carbons (Fsp3) is 0.250. The van der Waals surface area contributed by atoms with Gasteiger partial charge in [-0.1, -0.05) is 48.5 Å². The number of phenolic OH excluding ortho intramolecular Hbond substituents is 1. The summed E-state index contributed by atoms with van der Waals surface area (Å²) in [5.41, 5.74) is 1.58. The van der Waals surface area contributed by atoms with Crippen LogP contribution in [-0.2, 0) is 32.9 Å². The normalized spacial score (nSPS) is 26.3. The van der Waals surface area contributed by atoms with Crippen molar-refractivity contribution in [1.82, 2.24) is 10.2 Å². The Balaban J connectivity index is 1.43. The van der Waals surface area contributed by atoms with E-state index in [0.717, 1.165) is 11.1 Å². The predicted molar refractivity (Wildman–Crippen MR) is 131 cm³/mol. The number of imide groups is 1. The number of anilines is 1. The SMILES string of the molecule is COc1ccccc1CN1C(=O)[C@@H]2[C@@H](C1=O)[C@]1(N[C@@H]2Cc2ccc(O)cc2)C(=O)Nc2ccccc21. The zero-order valence-electron chi connectivity index (χ0n) is 19.6. The van der Waals surface area contributed by atoms with Crippen LogP contribution in [0.5, 0.6) is 11.5 Å². The molecule has 3 aromatic rings. The molecule has 3 amide bonds. The summed E-state index contributed by atoms with van der Waals surface area (Å²) in [6, 6.07) is 20.9. The largest absolute Gasteiger partial charge is 0.508 e. The van der Waals surface area contributed by atoms with Crippen molar-refractivity contribution in [2.24, 2.45) is 11.8 Å². The van der Waals surface area contributed by atoms with E-state index < -0.39 is 23.4 Å². The molecule has 3 aliphatic rings. The van der Waals surface area contributed by atoms with Crippen molar-refractivity contribution in [3.63, 3.8) is 0 Å². The summed E-state index contributed by atoms with van der Waals surface area (Å²) in [5, 5.41) is 16.0. The lowest BCUT2D eigenvalue weighted by molar-refractivity contribution is -0.143. The summed E-state index contributed by atoms with van der Waals surface area (Å²) >= 11 is 0. The van der Waals surface area contributed by atoms with Crippen LogP contribution in [0.4, 0.5) is 5.69 Å². The standard InChI is InChI=1S/C28H25N3O5/c1-36-22-9-5-2-6-17(22)15-31-25(33)23-21(14-16-10-12-18(32)13-11-16)30-28(24(23)26(31)34)19-7-3-4-8-20(19)29-27(28)35/h2-13,21,23-24,30,32H,14-15H2,1H3,(H,29,35)/t21-,23+,24+,28+/m1/s1. The molecule has 36 heavy (non-hydrogen) atoms. The molecular formula is C28H25N3O5. The van der Waals surface area contributed by atoms with Gasteiger partial charge in [0.15, 0.2) is 0 Å². The molecule has 0 saturated carbocycles. The van der Waals surface area contributed by atoms with Crippen LogP contribution in [0.3, 0.4) is 0 Å². The van der Waals surface area contributed by atoms with Crippen molar-refractivity contribution in [1.29, 1.82) is 0 Å². The number of hydrogen-bond acceptors (Lipinski definition) is 6. The van der Waals surface area contributed by atoms with E-state index in [4.69, 9.17) is 4.74 Å². The van der Waals surface area contributed by atoms with Crippen molar-refractivity contribution < 1.29 is 24.2 Å².